The number of thiophene rings is 1. The molecule has 1 atom stereocenters. The molecule has 0 radical (unpaired) electrons. The maximum atomic E-state index is 13.3. The smallest absolute Gasteiger partial charge is 0.341 e. The van der Waals surface area contributed by atoms with Crippen molar-refractivity contribution < 1.29 is 19.1 Å². The van der Waals surface area contributed by atoms with E-state index in [1.54, 1.807) is 37.3 Å². The topological polar surface area (TPSA) is 84.5 Å². The number of thioether (sulfide) groups is 1. The summed E-state index contributed by atoms with van der Waals surface area (Å²) in [7, 11) is 0. The lowest BCUT2D eigenvalue weighted by Crippen LogP contribution is -2.25. The fraction of sp³-hybridized carbons (Fsp3) is 0.321. The molecule has 2 N–H and O–H groups in total. The van der Waals surface area contributed by atoms with Crippen LogP contribution in [0.2, 0.25) is 5.02 Å². The average Bonchev–Trinajstić information content (AvgIpc) is 3.25. The Bertz CT molecular complexity index is 1310. The van der Waals surface area contributed by atoms with Crippen molar-refractivity contribution in [3.05, 3.63) is 75.1 Å². The first kappa shape index (κ1) is 27.2. The maximum Gasteiger partial charge on any atom is 0.341 e. The Kier molecular flexibility index (Phi) is 9.29. The van der Waals surface area contributed by atoms with E-state index in [1.165, 1.54) is 23.1 Å². The van der Waals surface area contributed by atoms with Gasteiger partial charge in [0.2, 0.25) is 5.91 Å². The van der Waals surface area contributed by atoms with Gasteiger partial charge in [0.05, 0.1) is 17.4 Å². The number of benzene rings is 2. The molecule has 1 aromatic heterocycles. The van der Waals surface area contributed by atoms with Crippen molar-refractivity contribution in [2.24, 2.45) is 0 Å². The van der Waals surface area contributed by atoms with Crippen molar-refractivity contribution in [3.63, 3.8) is 0 Å². The van der Waals surface area contributed by atoms with E-state index >= 15 is 0 Å². The summed E-state index contributed by atoms with van der Waals surface area (Å²) in [5.74, 6) is -0.798. The molecule has 1 unspecified atom stereocenters. The molecule has 0 fully saturated rings. The number of hydrogen-bond acceptors (Lipinski definition) is 6. The Balaban J connectivity index is 1.47. The Morgan fingerprint density at radius 1 is 1.05 bits per heavy atom. The molecule has 0 spiro atoms. The van der Waals surface area contributed by atoms with Crippen LogP contribution in [0.15, 0.2) is 53.4 Å². The highest BCUT2D eigenvalue weighted by Gasteiger charge is 2.29. The van der Waals surface area contributed by atoms with Crippen LogP contribution in [0.4, 0.5) is 10.7 Å². The van der Waals surface area contributed by atoms with E-state index in [1.807, 2.05) is 25.1 Å². The molecular weight excluding hydrogens is 528 g/mol. The number of hydrogen-bond donors (Lipinski definition) is 2. The maximum absolute atomic E-state index is 13.3. The molecule has 2 aromatic carbocycles. The second-order valence-corrected chi connectivity index (χ2v) is 11.4. The molecule has 6 nitrogen and oxygen atoms in total. The van der Waals surface area contributed by atoms with E-state index in [4.69, 9.17) is 16.3 Å². The Morgan fingerprint density at radius 3 is 2.59 bits per heavy atom. The fourth-order valence-electron chi connectivity index (χ4n) is 4.23. The number of nitrogens with one attached hydrogen (secondary N) is 2. The third-order valence-electron chi connectivity index (χ3n) is 6.01. The minimum absolute atomic E-state index is 0.162. The monoisotopic (exact) mass is 556 g/mol. The lowest BCUT2D eigenvalue weighted by atomic mass is 9.95. The molecule has 0 aliphatic heterocycles. The highest BCUT2D eigenvalue weighted by Crippen LogP contribution is 2.39. The summed E-state index contributed by atoms with van der Waals surface area (Å²) in [6, 6.07) is 14.1. The van der Waals surface area contributed by atoms with E-state index in [2.05, 4.69) is 10.6 Å². The van der Waals surface area contributed by atoms with E-state index in [-0.39, 0.29) is 29.6 Å². The first-order valence-corrected chi connectivity index (χ1v) is 14.4. The lowest BCUT2D eigenvalue weighted by Gasteiger charge is -2.16. The van der Waals surface area contributed by atoms with Gasteiger partial charge >= 0.3 is 5.97 Å². The highest BCUT2D eigenvalue weighted by atomic mass is 35.5. The predicted molar refractivity (Wildman–Crippen MR) is 151 cm³/mol. The minimum Gasteiger partial charge on any atom is -0.462 e. The van der Waals surface area contributed by atoms with Crippen LogP contribution in [-0.4, -0.2) is 29.6 Å². The molecule has 1 heterocycles. The second-order valence-electron chi connectivity index (χ2n) is 8.63. The Hall–Kier alpha value is -2.81. The van der Waals surface area contributed by atoms with Crippen molar-refractivity contribution in [2.45, 2.75) is 56.1 Å². The zero-order chi connectivity index (χ0) is 26.4. The van der Waals surface area contributed by atoms with Crippen molar-refractivity contribution in [1.29, 1.82) is 0 Å². The van der Waals surface area contributed by atoms with Crippen LogP contribution in [0.5, 0.6) is 0 Å². The zero-order valence-corrected chi connectivity index (χ0v) is 23.2. The molecule has 0 bridgehead atoms. The molecule has 4 rings (SSSR count). The first-order valence-electron chi connectivity index (χ1n) is 12.4. The van der Waals surface area contributed by atoms with Gasteiger partial charge in [0.1, 0.15) is 5.00 Å². The highest BCUT2D eigenvalue weighted by molar-refractivity contribution is 8.00. The number of amides is 2. The molecule has 3 aromatic rings. The summed E-state index contributed by atoms with van der Waals surface area (Å²) in [4.78, 5) is 40.7. The van der Waals surface area contributed by atoms with Crippen LogP contribution in [0.25, 0.3) is 0 Å². The van der Waals surface area contributed by atoms with E-state index in [0.29, 0.717) is 33.3 Å². The van der Waals surface area contributed by atoms with E-state index in [0.717, 1.165) is 41.0 Å². The third-order valence-corrected chi connectivity index (χ3v) is 8.81. The van der Waals surface area contributed by atoms with Crippen LogP contribution in [0.3, 0.4) is 0 Å². The van der Waals surface area contributed by atoms with Gasteiger partial charge in [-0.05, 0) is 81.0 Å². The largest absolute Gasteiger partial charge is 0.462 e. The van der Waals surface area contributed by atoms with Crippen LogP contribution in [-0.2, 0) is 22.4 Å². The summed E-state index contributed by atoms with van der Waals surface area (Å²) >= 11 is 8.91. The van der Waals surface area contributed by atoms with E-state index < -0.39 is 0 Å². The quantitative estimate of drug-likeness (QED) is 0.215. The molecule has 0 saturated heterocycles. The molecule has 9 heteroatoms. The van der Waals surface area contributed by atoms with Crippen molar-refractivity contribution in [3.8, 4) is 0 Å². The molecule has 0 saturated carbocycles. The third kappa shape index (κ3) is 6.74. The molecule has 1 aliphatic carbocycles. The van der Waals surface area contributed by atoms with Gasteiger partial charge in [-0.15, -0.1) is 23.1 Å². The fourth-order valence-corrected chi connectivity index (χ4v) is 6.72. The standard InChI is InChI=1S/C28H29ClN2O4S2/c1-3-22(26(33)31-27-24(28(34)35-4-2)21-13-5-6-14-23(21)37-27)36-20-12-8-11-19(16-20)30-25(32)17-9-7-10-18(29)15-17/h7-12,15-16,22H,3-6,13-14H2,1-2H3,(H,30,32)(H,31,33). The van der Waals surface area contributed by atoms with Crippen LogP contribution < -0.4 is 10.6 Å². The van der Waals surface area contributed by atoms with Crippen LogP contribution in [0.1, 0.15) is 64.3 Å². The van der Waals surface area contributed by atoms with E-state index in [9.17, 15) is 14.4 Å². The number of fused-ring (bicyclic) bond motifs is 1. The summed E-state index contributed by atoms with van der Waals surface area (Å²) in [6.07, 6.45) is 4.45. The normalized spacial score (nSPS) is 13.4. The Morgan fingerprint density at radius 2 is 1.84 bits per heavy atom. The predicted octanol–water partition coefficient (Wildman–Crippen LogP) is 7.22. The van der Waals surface area contributed by atoms with Gasteiger partial charge in [-0.2, -0.15) is 0 Å². The number of rotatable bonds is 9. The van der Waals surface area contributed by atoms with Crippen LogP contribution in [0, 0.1) is 0 Å². The molecule has 37 heavy (non-hydrogen) atoms. The van der Waals surface area contributed by atoms with Gasteiger partial charge in [-0.3, -0.25) is 9.59 Å². The summed E-state index contributed by atoms with van der Waals surface area (Å²) < 4.78 is 5.31. The summed E-state index contributed by atoms with van der Waals surface area (Å²) in [5.41, 5.74) is 2.63. The van der Waals surface area contributed by atoms with Gasteiger partial charge < -0.3 is 15.4 Å². The lowest BCUT2D eigenvalue weighted by molar-refractivity contribution is -0.115. The van der Waals surface area contributed by atoms with Crippen molar-refractivity contribution in [2.75, 3.05) is 17.2 Å². The average molecular weight is 557 g/mol. The number of carbonyl (C=O) groups excluding carboxylic acids is 3. The molecule has 194 valence electrons. The van der Waals surface area contributed by atoms with Gasteiger partial charge in [0.25, 0.3) is 5.91 Å². The molecule has 2 amide bonds. The number of aryl methyl sites for hydroxylation is 1. The number of anilines is 2. The van der Waals surface area contributed by atoms with Crippen molar-refractivity contribution in [1.82, 2.24) is 0 Å². The number of carbonyl (C=O) groups is 3. The number of ether oxygens (including phenoxy) is 1. The summed E-state index contributed by atoms with van der Waals surface area (Å²) in [5, 5.41) is 6.60. The van der Waals surface area contributed by atoms with Crippen LogP contribution >= 0.6 is 34.7 Å². The van der Waals surface area contributed by atoms with Crippen molar-refractivity contribution >= 4 is 63.2 Å². The number of esters is 1. The van der Waals surface area contributed by atoms with Gasteiger partial charge in [0.15, 0.2) is 0 Å². The SMILES string of the molecule is CCOC(=O)c1c(NC(=O)C(CC)Sc2cccc(NC(=O)c3cccc(Cl)c3)c2)sc2c1CCCC2. The summed E-state index contributed by atoms with van der Waals surface area (Å²) in [6.45, 7) is 4.02. The minimum atomic E-state index is -0.381. The van der Waals surface area contributed by atoms with Gasteiger partial charge in [-0.25, -0.2) is 4.79 Å². The Labute approximate surface area is 230 Å². The second kappa shape index (κ2) is 12.6. The first-order chi connectivity index (χ1) is 17.9. The molecular formula is C28H29ClN2O4S2. The van der Waals surface area contributed by atoms with Gasteiger partial charge in [0, 0.05) is 26.0 Å². The van der Waals surface area contributed by atoms with Gasteiger partial charge in [-0.1, -0.05) is 30.7 Å². The zero-order valence-electron chi connectivity index (χ0n) is 20.8. The molecule has 1 aliphatic rings. The number of halogens is 1.